The van der Waals surface area contributed by atoms with Crippen LogP contribution in [0.2, 0.25) is 0 Å². The van der Waals surface area contributed by atoms with Gasteiger partial charge >= 0.3 is 0 Å². The van der Waals surface area contributed by atoms with Gasteiger partial charge in [0.1, 0.15) is 0 Å². The number of halogens is 1. The molecule has 2 heterocycles. The largest absolute Gasteiger partial charge is 0.323 e. The molecule has 1 amide bonds. The summed E-state index contributed by atoms with van der Waals surface area (Å²) in [4.78, 5) is 16.5. The second-order valence-corrected chi connectivity index (χ2v) is 7.65. The zero-order valence-electron chi connectivity index (χ0n) is 15.0. The van der Waals surface area contributed by atoms with E-state index in [0.29, 0.717) is 0 Å². The first-order chi connectivity index (χ1) is 13.1. The Hall–Kier alpha value is -2.38. The number of amides is 1. The molecule has 3 aromatic rings. The van der Waals surface area contributed by atoms with E-state index in [2.05, 4.69) is 31.3 Å². The maximum atomic E-state index is 12.3. The number of hydrogen-bond donors (Lipinski definition) is 1. The number of pyridine rings is 1. The third kappa shape index (κ3) is 5.08. The Balaban J connectivity index is 1.75. The van der Waals surface area contributed by atoms with Gasteiger partial charge in [0.05, 0.1) is 6.20 Å². The van der Waals surface area contributed by atoms with Gasteiger partial charge in [-0.25, -0.2) is 0 Å². The van der Waals surface area contributed by atoms with E-state index in [4.69, 9.17) is 0 Å². The summed E-state index contributed by atoms with van der Waals surface area (Å²) in [5, 5.41) is 7.11. The van der Waals surface area contributed by atoms with Crippen LogP contribution in [0.4, 0.5) is 5.69 Å². The van der Waals surface area contributed by atoms with E-state index in [-0.39, 0.29) is 5.91 Å². The molecule has 0 bridgehead atoms. The lowest BCUT2D eigenvalue weighted by Crippen LogP contribution is -2.08. The average Bonchev–Trinajstić information content (AvgIpc) is 3.09. The zero-order valence-corrected chi connectivity index (χ0v) is 17.4. The predicted octanol–water partition coefficient (Wildman–Crippen LogP) is 4.76. The van der Waals surface area contributed by atoms with Crippen LogP contribution in [0, 0.1) is 0 Å². The van der Waals surface area contributed by atoms with Crippen molar-refractivity contribution in [3.8, 4) is 11.1 Å². The van der Waals surface area contributed by atoms with E-state index in [1.54, 1.807) is 41.1 Å². The lowest BCUT2D eigenvalue weighted by molar-refractivity contribution is -0.111. The van der Waals surface area contributed by atoms with Crippen LogP contribution in [0.5, 0.6) is 0 Å². The van der Waals surface area contributed by atoms with Gasteiger partial charge in [0.15, 0.2) is 0 Å². The van der Waals surface area contributed by atoms with Crippen LogP contribution in [0.1, 0.15) is 11.1 Å². The highest BCUT2D eigenvalue weighted by Gasteiger charge is 2.07. The number of anilines is 1. The number of carbonyl (C=O) groups excluding carboxylic acids is 1. The van der Waals surface area contributed by atoms with E-state index < -0.39 is 0 Å². The van der Waals surface area contributed by atoms with Gasteiger partial charge in [0.25, 0.3) is 0 Å². The lowest BCUT2D eigenvalue weighted by atomic mass is 10.0. The van der Waals surface area contributed by atoms with Crippen molar-refractivity contribution in [3.05, 3.63) is 70.7 Å². The Kier molecular flexibility index (Phi) is 6.47. The normalized spacial score (nSPS) is 11.1. The van der Waals surface area contributed by atoms with Crippen LogP contribution in [-0.4, -0.2) is 26.9 Å². The fourth-order valence-electron chi connectivity index (χ4n) is 2.63. The van der Waals surface area contributed by atoms with Crippen LogP contribution in [0.15, 0.2) is 59.6 Å². The molecule has 0 fully saturated rings. The summed E-state index contributed by atoms with van der Waals surface area (Å²) in [7, 11) is 1.87. The Morgan fingerprint density at radius 2 is 2.19 bits per heavy atom. The highest BCUT2D eigenvalue weighted by Crippen LogP contribution is 2.25. The number of aryl methyl sites for hydroxylation is 1. The van der Waals surface area contributed by atoms with Crippen LogP contribution in [0.25, 0.3) is 17.2 Å². The molecule has 0 radical (unpaired) electrons. The minimum atomic E-state index is -0.187. The standard InChI is InChI=1S/C20H19BrN4OS/c1-25-12-16(11-23-25)18-7-8-22-10-14(18)3-6-20(26)24-17-4-5-19(21)15(9-17)13-27-2/h3-12H,13H2,1-2H3,(H,24,26). The number of benzene rings is 1. The number of rotatable bonds is 6. The number of hydrogen-bond acceptors (Lipinski definition) is 4. The number of nitrogens with one attached hydrogen (secondary N) is 1. The van der Waals surface area contributed by atoms with E-state index in [1.807, 2.05) is 43.8 Å². The average molecular weight is 443 g/mol. The maximum Gasteiger partial charge on any atom is 0.248 e. The van der Waals surface area contributed by atoms with E-state index in [0.717, 1.165) is 38.2 Å². The van der Waals surface area contributed by atoms with Crippen molar-refractivity contribution in [3.63, 3.8) is 0 Å². The van der Waals surface area contributed by atoms with Gasteiger partial charge in [-0.05, 0) is 47.7 Å². The molecule has 0 saturated heterocycles. The molecule has 0 unspecified atom stereocenters. The van der Waals surface area contributed by atoms with Crippen molar-refractivity contribution in [2.24, 2.45) is 7.05 Å². The Labute approximate surface area is 171 Å². The molecule has 0 atom stereocenters. The highest BCUT2D eigenvalue weighted by molar-refractivity contribution is 9.10. The summed E-state index contributed by atoms with van der Waals surface area (Å²) in [6.45, 7) is 0. The molecule has 0 aliphatic heterocycles. The van der Waals surface area contributed by atoms with Crippen LogP contribution < -0.4 is 5.32 Å². The number of thioether (sulfide) groups is 1. The van der Waals surface area contributed by atoms with Gasteiger partial charge < -0.3 is 5.32 Å². The first-order valence-electron chi connectivity index (χ1n) is 8.26. The van der Waals surface area contributed by atoms with Gasteiger partial charge in [-0.3, -0.25) is 14.5 Å². The van der Waals surface area contributed by atoms with Gasteiger partial charge in [0.2, 0.25) is 5.91 Å². The van der Waals surface area contributed by atoms with Crippen molar-refractivity contribution in [1.29, 1.82) is 0 Å². The molecule has 138 valence electrons. The van der Waals surface area contributed by atoms with Crippen molar-refractivity contribution in [2.45, 2.75) is 5.75 Å². The van der Waals surface area contributed by atoms with Crippen molar-refractivity contribution in [1.82, 2.24) is 14.8 Å². The Morgan fingerprint density at radius 1 is 1.33 bits per heavy atom. The van der Waals surface area contributed by atoms with Crippen molar-refractivity contribution < 1.29 is 4.79 Å². The first kappa shape index (κ1) is 19.4. The minimum Gasteiger partial charge on any atom is -0.323 e. The zero-order chi connectivity index (χ0) is 19.2. The third-order valence-corrected chi connectivity index (χ3v) is 5.27. The smallest absolute Gasteiger partial charge is 0.248 e. The van der Waals surface area contributed by atoms with E-state index in [1.165, 1.54) is 6.08 Å². The summed E-state index contributed by atoms with van der Waals surface area (Å²) in [5.41, 5.74) is 4.74. The van der Waals surface area contributed by atoms with Crippen molar-refractivity contribution >= 4 is 45.4 Å². The Bertz CT molecular complexity index is 984. The lowest BCUT2D eigenvalue weighted by Gasteiger charge is -2.07. The van der Waals surface area contributed by atoms with Gasteiger partial charge in [0, 0.05) is 58.8 Å². The van der Waals surface area contributed by atoms with Crippen molar-refractivity contribution in [2.75, 3.05) is 11.6 Å². The van der Waals surface area contributed by atoms with Gasteiger partial charge in [-0.2, -0.15) is 16.9 Å². The molecule has 27 heavy (non-hydrogen) atoms. The van der Waals surface area contributed by atoms with Crippen LogP contribution >= 0.6 is 27.7 Å². The summed E-state index contributed by atoms with van der Waals surface area (Å²) in [5.74, 6) is 0.693. The minimum absolute atomic E-state index is 0.187. The molecule has 5 nitrogen and oxygen atoms in total. The van der Waals surface area contributed by atoms with Crippen LogP contribution in [0.3, 0.4) is 0 Å². The number of aromatic nitrogens is 3. The molecule has 0 aliphatic rings. The predicted molar refractivity (Wildman–Crippen MR) is 115 cm³/mol. The molecule has 0 spiro atoms. The van der Waals surface area contributed by atoms with Crippen LogP contribution in [-0.2, 0) is 17.6 Å². The summed E-state index contributed by atoms with van der Waals surface area (Å²) < 4.78 is 2.79. The Morgan fingerprint density at radius 3 is 2.93 bits per heavy atom. The molecule has 0 saturated carbocycles. The van der Waals surface area contributed by atoms with Gasteiger partial charge in [-0.1, -0.05) is 15.9 Å². The second kappa shape index (κ2) is 9.01. The van der Waals surface area contributed by atoms with E-state index in [9.17, 15) is 4.79 Å². The monoisotopic (exact) mass is 442 g/mol. The summed E-state index contributed by atoms with van der Waals surface area (Å²) in [6.07, 6.45) is 12.5. The molecule has 3 rings (SSSR count). The summed E-state index contributed by atoms with van der Waals surface area (Å²) >= 11 is 5.27. The van der Waals surface area contributed by atoms with E-state index >= 15 is 0 Å². The molecule has 0 aliphatic carbocycles. The first-order valence-corrected chi connectivity index (χ1v) is 10.4. The molecule has 2 aromatic heterocycles. The second-order valence-electron chi connectivity index (χ2n) is 5.93. The molecular formula is C20H19BrN4OS. The molecular weight excluding hydrogens is 424 g/mol. The number of nitrogens with zero attached hydrogens (tertiary/aromatic N) is 3. The molecule has 7 heteroatoms. The maximum absolute atomic E-state index is 12.3. The molecule has 1 N–H and O–H groups in total. The van der Waals surface area contributed by atoms with Gasteiger partial charge in [-0.15, -0.1) is 0 Å². The highest BCUT2D eigenvalue weighted by atomic mass is 79.9. The molecule has 1 aromatic carbocycles. The fraction of sp³-hybridized carbons (Fsp3) is 0.150. The SMILES string of the molecule is CSCc1cc(NC(=O)C=Cc2cnccc2-c2cnn(C)c2)ccc1Br. The quantitative estimate of drug-likeness (QED) is 0.559. The summed E-state index contributed by atoms with van der Waals surface area (Å²) in [6, 6.07) is 7.73. The number of carbonyl (C=O) groups is 1. The topological polar surface area (TPSA) is 59.8 Å². The third-order valence-electron chi connectivity index (χ3n) is 3.90. The fourth-order valence-corrected chi connectivity index (χ4v) is 3.75.